The molecule has 0 fully saturated rings. The van der Waals surface area contributed by atoms with E-state index < -0.39 is 5.97 Å². The number of aryl methyl sites for hydroxylation is 1. The molecule has 0 unspecified atom stereocenters. The quantitative estimate of drug-likeness (QED) is 0.481. The summed E-state index contributed by atoms with van der Waals surface area (Å²) in [5, 5.41) is 10.3. The molecule has 25 heavy (non-hydrogen) atoms. The molecule has 0 radical (unpaired) electrons. The first-order valence-corrected chi connectivity index (χ1v) is 9.11. The number of hydrogen-bond acceptors (Lipinski definition) is 4. The van der Waals surface area contributed by atoms with Crippen LogP contribution in [0.4, 0.5) is 5.69 Å². The standard InChI is InChI=1S/C18H16BrN3O2S/c1-10-8-13(11-4-6-12(19)7-5-11)21-17-14(10)15(20-9-22(2)3)16(25-17)18(23)24/h4-9H,1-3H3,(H,23,24). The molecule has 0 aliphatic rings. The lowest BCUT2D eigenvalue weighted by Gasteiger charge is -2.06. The number of thiophene rings is 1. The Kier molecular flexibility index (Phi) is 4.87. The molecule has 0 aliphatic carbocycles. The number of carboxylic acid groups (broad SMARTS) is 1. The number of benzene rings is 1. The van der Waals surface area contributed by atoms with Crippen LogP contribution in [0.5, 0.6) is 0 Å². The third-order valence-corrected chi connectivity index (χ3v) is 5.18. The second kappa shape index (κ2) is 6.93. The molecule has 1 aromatic carbocycles. The lowest BCUT2D eigenvalue weighted by atomic mass is 10.1. The highest BCUT2D eigenvalue weighted by Crippen LogP contribution is 2.40. The van der Waals surface area contributed by atoms with Gasteiger partial charge in [-0.3, -0.25) is 0 Å². The molecule has 7 heteroatoms. The molecule has 0 saturated carbocycles. The van der Waals surface area contributed by atoms with E-state index in [1.54, 1.807) is 11.2 Å². The molecule has 2 heterocycles. The third-order valence-electron chi connectivity index (χ3n) is 3.59. The highest BCUT2D eigenvalue weighted by atomic mass is 79.9. The van der Waals surface area contributed by atoms with Crippen LogP contribution < -0.4 is 0 Å². The molecule has 0 aliphatic heterocycles. The number of fused-ring (bicyclic) bond motifs is 1. The van der Waals surface area contributed by atoms with Crippen LogP contribution in [0.2, 0.25) is 0 Å². The van der Waals surface area contributed by atoms with Crippen molar-refractivity contribution in [1.29, 1.82) is 0 Å². The van der Waals surface area contributed by atoms with E-state index in [9.17, 15) is 9.90 Å². The number of carboxylic acids is 1. The van der Waals surface area contributed by atoms with Crippen LogP contribution in [0.1, 0.15) is 15.2 Å². The van der Waals surface area contributed by atoms with E-state index in [0.717, 1.165) is 38.0 Å². The fourth-order valence-electron chi connectivity index (χ4n) is 2.47. The number of hydrogen-bond donors (Lipinski definition) is 1. The van der Waals surface area contributed by atoms with Gasteiger partial charge in [0.1, 0.15) is 9.71 Å². The number of pyridine rings is 1. The van der Waals surface area contributed by atoms with E-state index >= 15 is 0 Å². The fraction of sp³-hybridized carbons (Fsp3) is 0.167. The summed E-state index contributed by atoms with van der Waals surface area (Å²) in [7, 11) is 3.69. The Bertz CT molecular complexity index is 978. The summed E-state index contributed by atoms with van der Waals surface area (Å²) in [6.07, 6.45) is 1.61. The average Bonchev–Trinajstić information content (AvgIpc) is 2.93. The highest BCUT2D eigenvalue weighted by Gasteiger charge is 2.20. The average molecular weight is 418 g/mol. The second-order valence-electron chi connectivity index (χ2n) is 5.80. The molecular formula is C18H16BrN3O2S. The maximum Gasteiger partial charge on any atom is 0.348 e. The number of carbonyl (C=O) groups is 1. The van der Waals surface area contributed by atoms with Gasteiger partial charge in [-0.25, -0.2) is 14.8 Å². The molecule has 3 rings (SSSR count). The fourth-order valence-corrected chi connectivity index (χ4v) is 3.77. The van der Waals surface area contributed by atoms with Gasteiger partial charge in [0, 0.05) is 29.5 Å². The van der Waals surface area contributed by atoms with E-state index in [1.807, 2.05) is 51.4 Å². The molecule has 0 spiro atoms. The van der Waals surface area contributed by atoms with E-state index in [0.29, 0.717) is 10.5 Å². The van der Waals surface area contributed by atoms with Gasteiger partial charge in [-0.05, 0) is 30.7 Å². The Balaban J connectivity index is 2.22. The lowest BCUT2D eigenvalue weighted by molar-refractivity contribution is 0.0703. The van der Waals surface area contributed by atoms with Gasteiger partial charge in [0.25, 0.3) is 0 Å². The van der Waals surface area contributed by atoms with Crippen LogP contribution in [-0.2, 0) is 0 Å². The van der Waals surface area contributed by atoms with Crippen molar-refractivity contribution in [1.82, 2.24) is 9.88 Å². The normalized spacial score (nSPS) is 11.4. The molecule has 5 nitrogen and oxygen atoms in total. The number of nitrogens with zero attached hydrogens (tertiary/aromatic N) is 3. The smallest absolute Gasteiger partial charge is 0.348 e. The predicted molar refractivity (Wildman–Crippen MR) is 106 cm³/mol. The summed E-state index contributed by atoms with van der Waals surface area (Å²) in [4.78, 5) is 23.3. The van der Waals surface area contributed by atoms with Crippen LogP contribution in [0.3, 0.4) is 0 Å². The van der Waals surface area contributed by atoms with E-state index in [2.05, 4.69) is 25.9 Å². The summed E-state index contributed by atoms with van der Waals surface area (Å²) in [5.74, 6) is -0.988. The van der Waals surface area contributed by atoms with E-state index in [-0.39, 0.29) is 4.88 Å². The van der Waals surface area contributed by atoms with Crippen LogP contribution in [0, 0.1) is 6.92 Å². The zero-order valence-corrected chi connectivity index (χ0v) is 16.3. The number of rotatable bonds is 4. The first-order valence-electron chi connectivity index (χ1n) is 7.51. The van der Waals surface area contributed by atoms with Crippen molar-refractivity contribution in [3.63, 3.8) is 0 Å². The van der Waals surface area contributed by atoms with Gasteiger partial charge in [-0.15, -0.1) is 11.3 Å². The Morgan fingerprint density at radius 3 is 2.60 bits per heavy atom. The molecule has 0 bridgehead atoms. The largest absolute Gasteiger partial charge is 0.477 e. The van der Waals surface area contributed by atoms with Gasteiger partial charge in [0.15, 0.2) is 0 Å². The first kappa shape index (κ1) is 17.6. The topological polar surface area (TPSA) is 65.8 Å². The number of aliphatic imine (C=N–C) groups is 1. The molecule has 3 aromatic rings. The maximum atomic E-state index is 11.6. The Morgan fingerprint density at radius 2 is 2.00 bits per heavy atom. The van der Waals surface area contributed by atoms with Crippen molar-refractivity contribution < 1.29 is 9.90 Å². The minimum Gasteiger partial charge on any atom is -0.477 e. The minimum absolute atomic E-state index is 0.205. The third kappa shape index (κ3) is 3.57. The zero-order valence-electron chi connectivity index (χ0n) is 13.9. The molecule has 0 saturated heterocycles. The van der Waals surface area contributed by atoms with Crippen molar-refractivity contribution in [3.05, 3.63) is 45.2 Å². The molecule has 128 valence electrons. The van der Waals surface area contributed by atoms with Crippen molar-refractivity contribution in [3.8, 4) is 11.3 Å². The highest BCUT2D eigenvalue weighted by molar-refractivity contribution is 9.10. The SMILES string of the molecule is Cc1cc(-c2ccc(Br)cc2)nc2sc(C(=O)O)c(N=CN(C)C)c12. The molecule has 0 atom stereocenters. The predicted octanol–water partition coefficient (Wildman–Crippen LogP) is 4.95. The Labute approximate surface area is 157 Å². The Hall–Kier alpha value is -2.25. The van der Waals surface area contributed by atoms with Gasteiger partial charge in [-0.1, -0.05) is 28.1 Å². The van der Waals surface area contributed by atoms with Gasteiger partial charge in [-0.2, -0.15) is 0 Å². The van der Waals surface area contributed by atoms with Gasteiger partial charge in [0.2, 0.25) is 0 Å². The number of halogens is 1. The second-order valence-corrected chi connectivity index (χ2v) is 7.72. The van der Waals surface area contributed by atoms with Crippen molar-refractivity contribution in [2.24, 2.45) is 4.99 Å². The Morgan fingerprint density at radius 1 is 1.32 bits per heavy atom. The van der Waals surface area contributed by atoms with E-state index in [1.165, 1.54) is 0 Å². The van der Waals surface area contributed by atoms with Gasteiger partial charge in [0.05, 0.1) is 17.7 Å². The van der Waals surface area contributed by atoms with Gasteiger partial charge < -0.3 is 10.0 Å². The summed E-state index contributed by atoms with van der Waals surface area (Å²) in [5.41, 5.74) is 3.22. The number of aromatic carboxylic acids is 1. The minimum atomic E-state index is -0.988. The molecule has 1 N–H and O–H groups in total. The summed E-state index contributed by atoms with van der Waals surface area (Å²) in [6.45, 7) is 1.96. The monoisotopic (exact) mass is 417 g/mol. The van der Waals surface area contributed by atoms with Crippen LogP contribution >= 0.6 is 27.3 Å². The van der Waals surface area contributed by atoms with Gasteiger partial charge >= 0.3 is 5.97 Å². The summed E-state index contributed by atoms with van der Waals surface area (Å²) < 4.78 is 0.999. The van der Waals surface area contributed by atoms with Crippen molar-refractivity contribution in [2.45, 2.75) is 6.92 Å². The lowest BCUT2D eigenvalue weighted by Crippen LogP contribution is -2.07. The number of aromatic nitrogens is 1. The zero-order chi connectivity index (χ0) is 18.1. The maximum absolute atomic E-state index is 11.6. The molecular weight excluding hydrogens is 402 g/mol. The van der Waals surface area contributed by atoms with Crippen molar-refractivity contribution >= 4 is 55.5 Å². The van der Waals surface area contributed by atoms with Crippen molar-refractivity contribution in [2.75, 3.05) is 14.1 Å². The molecule has 2 aromatic heterocycles. The summed E-state index contributed by atoms with van der Waals surface area (Å²) in [6, 6.07) is 9.85. The van der Waals surface area contributed by atoms with E-state index in [4.69, 9.17) is 0 Å². The van der Waals surface area contributed by atoms with Crippen LogP contribution in [0.15, 0.2) is 39.8 Å². The summed E-state index contributed by atoms with van der Waals surface area (Å²) >= 11 is 4.58. The van der Waals surface area contributed by atoms with Crippen LogP contribution in [-0.4, -0.2) is 41.4 Å². The van der Waals surface area contributed by atoms with Crippen LogP contribution in [0.25, 0.3) is 21.5 Å². The molecule has 0 amide bonds. The first-order chi connectivity index (χ1) is 11.9.